The van der Waals surface area contributed by atoms with E-state index in [1.54, 1.807) is 0 Å². The third-order valence-electron chi connectivity index (χ3n) is 4.19. The molecule has 0 aromatic heterocycles. The molecule has 0 fully saturated rings. The average Bonchev–Trinajstić information content (AvgIpc) is 2.66. The molecule has 12 nitrogen and oxygen atoms in total. The summed E-state index contributed by atoms with van der Waals surface area (Å²) in [7, 11) is -9.36. The van der Waals surface area contributed by atoms with E-state index in [1.165, 1.54) is 31.2 Å². The number of aromatic hydroxyl groups is 1. The number of anilines is 2. The molecule has 0 radical (unpaired) electrons. The average molecular weight is 480 g/mol. The number of phenols is 1. The van der Waals surface area contributed by atoms with Crippen molar-refractivity contribution in [2.24, 2.45) is 10.2 Å². The number of nitrogens with one attached hydrogen (secondary N) is 1. The van der Waals surface area contributed by atoms with E-state index in [4.69, 9.17) is 5.73 Å². The van der Waals surface area contributed by atoms with Crippen LogP contribution in [0.3, 0.4) is 0 Å². The first-order valence-corrected chi connectivity index (χ1v) is 11.5. The lowest BCUT2D eigenvalue weighted by atomic mass is 10.1. The number of nitrogens with zero attached hydrogens (tertiary/aromatic N) is 2. The molecule has 0 saturated carbocycles. The van der Waals surface area contributed by atoms with Crippen LogP contribution in [0.25, 0.3) is 10.8 Å². The molecule has 32 heavy (non-hydrogen) atoms. The first kappa shape index (κ1) is 23.1. The van der Waals surface area contributed by atoms with Gasteiger partial charge in [-0.15, -0.1) is 10.2 Å². The van der Waals surface area contributed by atoms with Gasteiger partial charge in [0.15, 0.2) is 0 Å². The van der Waals surface area contributed by atoms with Gasteiger partial charge in [0.2, 0.25) is 5.91 Å². The molecule has 0 saturated heterocycles. The molecular formula is C18H16N4O8S2. The van der Waals surface area contributed by atoms with Gasteiger partial charge < -0.3 is 16.2 Å². The molecule has 0 bridgehead atoms. The van der Waals surface area contributed by atoms with Crippen molar-refractivity contribution < 1.29 is 35.8 Å². The van der Waals surface area contributed by atoms with Crippen molar-refractivity contribution in [3.05, 3.63) is 42.5 Å². The number of azo groups is 1. The summed E-state index contributed by atoms with van der Waals surface area (Å²) in [5.74, 6) is -1.05. The summed E-state index contributed by atoms with van der Waals surface area (Å²) in [5, 5.41) is 20.5. The zero-order valence-electron chi connectivity index (χ0n) is 16.2. The number of phenolic OH excluding ortho intramolecular Hbond substituents is 1. The number of benzene rings is 3. The largest absolute Gasteiger partial charge is 0.507 e. The second-order valence-electron chi connectivity index (χ2n) is 6.56. The zero-order valence-corrected chi connectivity index (χ0v) is 17.8. The Balaban J connectivity index is 2.19. The van der Waals surface area contributed by atoms with Crippen molar-refractivity contribution in [1.29, 1.82) is 0 Å². The monoisotopic (exact) mass is 480 g/mol. The molecule has 0 aliphatic rings. The highest BCUT2D eigenvalue weighted by atomic mass is 32.2. The number of fused-ring (bicyclic) bond motifs is 1. The second kappa shape index (κ2) is 8.16. The first-order valence-electron chi connectivity index (χ1n) is 8.61. The topological polar surface area (TPSA) is 209 Å². The lowest BCUT2D eigenvalue weighted by Gasteiger charge is -2.09. The van der Waals surface area contributed by atoms with Gasteiger partial charge in [0.05, 0.1) is 16.0 Å². The summed E-state index contributed by atoms with van der Waals surface area (Å²) in [6, 6.07) is 8.07. The molecule has 0 aliphatic carbocycles. The van der Waals surface area contributed by atoms with Crippen LogP contribution in [-0.2, 0) is 25.0 Å². The van der Waals surface area contributed by atoms with Gasteiger partial charge in [0.1, 0.15) is 22.0 Å². The third-order valence-corrected chi connectivity index (χ3v) is 5.90. The highest BCUT2D eigenvalue weighted by Gasteiger charge is 2.19. The van der Waals surface area contributed by atoms with Crippen molar-refractivity contribution in [3.8, 4) is 5.75 Å². The van der Waals surface area contributed by atoms with Crippen molar-refractivity contribution in [3.63, 3.8) is 0 Å². The van der Waals surface area contributed by atoms with Gasteiger partial charge >= 0.3 is 0 Å². The van der Waals surface area contributed by atoms with E-state index < -0.39 is 41.7 Å². The Labute approximate surface area is 181 Å². The van der Waals surface area contributed by atoms with Crippen molar-refractivity contribution in [2.75, 3.05) is 11.1 Å². The molecule has 1 amide bonds. The summed E-state index contributed by atoms with van der Waals surface area (Å²) in [6.45, 7) is 1.21. The number of rotatable bonds is 5. The molecule has 0 unspecified atom stereocenters. The normalized spacial score (nSPS) is 12.3. The van der Waals surface area contributed by atoms with Crippen LogP contribution in [0.4, 0.5) is 22.7 Å². The summed E-state index contributed by atoms with van der Waals surface area (Å²) >= 11 is 0. The minimum absolute atomic E-state index is 0.00979. The lowest BCUT2D eigenvalue weighted by molar-refractivity contribution is -0.114. The maximum absolute atomic E-state index is 11.8. The van der Waals surface area contributed by atoms with Gasteiger partial charge in [0, 0.05) is 18.7 Å². The Bertz CT molecular complexity index is 1500. The first-order chi connectivity index (χ1) is 14.8. The van der Waals surface area contributed by atoms with Crippen LogP contribution in [-0.4, -0.2) is 37.0 Å². The smallest absolute Gasteiger partial charge is 0.296 e. The van der Waals surface area contributed by atoms with Crippen LogP contribution < -0.4 is 11.1 Å². The predicted molar refractivity (Wildman–Crippen MR) is 115 cm³/mol. The number of hydrogen-bond donors (Lipinski definition) is 5. The van der Waals surface area contributed by atoms with Crippen molar-refractivity contribution >= 4 is 59.7 Å². The lowest BCUT2D eigenvalue weighted by Crippen LogP contribution is -2.07. The quantitative estimate of drug-likeness (QED) is 0.206. The van der Waals surface area contributed by atoms with Gasteiger partial charge in [0.25, 0.3) is 20.2 Å². The minimum atomic E-state index is -4.76. The summed E-state index contributed by atoms with van der Waals surface area (Å²) in [6.07, 6.45) is 0. The van der Waals surface area contributed by atoms with Crippen molar-refractivity contribution in [2.45, 2.75) is 16.7 Å². The van der Waals surface area contributed by atoms with Gasteiger partial charge in [-0.05, 0) is 35.7 Å². The molecule has 0 aliphatic heterocycles. The standard InChI is InChI=1S/C18H16N4O8S2/c1-9(23)20-11-3-5-14(16(7-11)32(28,29)30)21-22-18-13(19)4-2-10-6-12(31(25,26)27)8-15(24)17(10)18/h2-8,24H,19H2,1H3,(H,20,23)(H,25,26,27)(H,28,29,30)/b22-21+. The van der Waals surface area contributed by atoms with Gasteiger partial charge in [-0.3, -0.25) is 13.9 Å². The van der Waals surface area contributed by atoms with E-state index in [2.05, 4.69) is 15.5 Å². The highest BCUT2D eigenvalue weighted by molar-refractivity contribution is 7.86. The molecular weight excluding hydrogens is 464 g/mol. The molecule has 0 heterocycles. The molecule has 3 rings (SSSR count). The van der Waals surface area contributed by atoms with Crippen LogP contribution in [0.5, 0.6) is 5.75 Å². The number of carbonyl (C=O) groups is 1. The fourth-order valence-electron chi connectivity index (χ4n) is 2.86. The molecule has 14 heteroatoms. The fraction of sp³-hybridized carbons (Fsp3) is 0.0556. The molecule has 6 N–H and O–H groups in total. The number of carbonyl (C=O) groups excluding carboxylic acids is 1. The number of nitrogen functional groups attached to an aromatic ring is 1. The Hall–Kier alpha value is -3.59. The maximum Gasteiger partial charge on any atom is 0.296 e. The molecule has 3 aromatic carbocycles. The zero-order chi connectivity index (χ0) is 23.8. The third kappa shape index (κ3) is 4.83. The van der Waals surface area contributed by atoms with Gasteiger partial charge in [-0.2, -0.15) is 16.8 Å². The maximum atomic E-state index is 11.8. The second-order valence-corrected chi connectivity index (χ2v) is 9.37. The van der Waals surface area contributed by atoms with E-state index in [1.807, 2.05) is 0 Å². The fourth-order valence-corrected chi connectivity index (χ4v) is 4.04. The molecule has 0 spiro atoms. The Kier molecular flexibility index (Phi) is 5.88. The van der Waals surface area contributed by atoms with Crippen molar-refractivity contribution in [1.82, 2.24) is 0 Å². The number of hydrogen-bond acceptors (Lipinski definition) is 9. The van der Waals surface area contributed by atoms with E-state index in [9.17, 15) is 35.8 Å². The Morgan fingerprint density at radius 1 is 0.969 bits per heavy atom. The van der Waals surface area contributed by atoms with E-state index >= 15 is 0 Å². The summed E-state index contributed by atoms with van der Waals surface area (Å²) in [5.41, 5.74) is 5.58. The summed E-state index contributed by atoms with van der Waals surface area (Å²) in [4.78, 5) is 9.99. The molecule has 3 aromatic rings. The molecule has 168 valence electrons. The number of amides is 1. The number of nitrogens with two attached hydrogens (primary N) is 1. The SMILES string of the molecule is CC(=O)Nc1ccc(/N=N/c2c(N)ccc3cc(S(=O)(=O)O)cc(O)c23)c(S(=O)(=O)O)c1. The van der Waals surface area contributed by atoms with E-state index in [0.29, 0.717) is 0 Å². The van der Waals surface area contributed by atoms with Gasteiger partial charge in [-0.1, -0.05) is 6.07 Å². The Morgan fingerprint density at radius 3 is 2.25 bits per heavy atom. The highest BCUT2D eigenvalue weighted by Crippen LogP contribution is 2.40. The van der Waals surface area contributed by atoms with E-state index in [0.717, 1.165) is 18.2 Å². The van der Waals surface area contributed by atoms with Crippen LogP contribution >= 0.6 is 0 Å². The Morgan fingerprint density at radius 2 is 1.66 bits per heavy atom. The summed E-state index contributed by atoms with van der Waals surface area (Å²) < 4.78 is 65.0. The molecule has 0 atom stereocenters. The van der Waals surface area contributed by atoms with E-state index in [-0.39, 0.29) is 33.5 Å². The van der Waals surface area contributed by atoms with Crippen LogP contribution in [0, 0.1) is 0 Å². The minimum Gasteiger partial charge on any atom is -0.507 e. The van der Waals surface area contributed by atoms with Crippen LogP contribution in [0.15, 0.2) is 62.5 Å². The van der Waals surface area contributed by atoms with Crippen LogP contribution in [0.1, 0.15) is 6.92 Å². The van der Waals surface area contributed by atoms with Crippen LogP contribution in [0.2, 0.25) is 0 Å². The van der Waals surface area contributed by atoms with Gasteiger partial charge in [-0.25, -0.2) is 0 Å². The predicted octanol–water partition coefficient (Wildman–Crippen LogP) is 2.99.